The van der Waals surface area contributed by atoms with Gasteiger partial charge in [0.25, 0.3) is 5.89 Å². The number of anilines is 1. The second-order valence-electron chi connectivity index (χ2n) is 10.1. The van der Waals surface area contributed by atoms with Gasteiger partial charge in [-0.1, -0.05) is 5.16 Å². The maximum Gasteiger partial charge on any atom is 0.410 e. The Balaban J connectivity index is 1.19. The largest absolute Gasteiger partial charge is 0.447 e. The molecule has 11 nitrogen and oxygen atoms in total. The van der Waals surface area contributed by atoms with Crippen LogP contribution in [0.4, 0.5) is 19.5 Å². The van der Waals surface area contributed by atoms with Crippen LogP contribution >= 0.6 is 0 Å². The van der Waals surface area contributed by atoms with Crippen molar-refractivity contribution in [1.29, 1.82) is 0 Å². The van der Waals surface area contributed by atoms with Gasteiger partial charge in [0, 0.05) is 44.0 Å². The first-order valence-corrected chi connectivity index (χ1v) is 12.9. The van der Waals surface area contributed by atoms with Gasteiger partial charge in [-0.05, 0) is 51.0 Å². The minimum absolute atomic E-state index is 0.166. The number of nitrogens with zero attached hydrogens (tertiary/aromatic N) is 6. The summed E-state index contributed by atoms with van der Waals surface area (Å²) in [6, 6.07) is 2.98. The van der Waals surface area contributed by atoms with E-state index in [0.29, 0.717) is 49.9 Å². The Morgan fingerprint density at radius 3 is 2.67 bits per heavy atom. The van der Waals surface area contributed by atoms with Crippen molar-refractivity contribution in [3.05, 3.63) is 53.6 Å². The maximum absolute atomic E-state index is 14.3. The number of amides is 1. The van der Waals surface area contributed by atoms with Gasteiger partial charge >= 0.3 is 6.09 Å². The van der Waals surface area contributed by atoms with Gasteiger partial charge in [0.15, 0.2) is 0 Å². The zero-order chi connectivity index (χ0) is 27.7. The number of carbonyl (C=O) groups is 1. The van der Waals surface area contributed by atoms with E-state index in [-0.39, 0.29) is 29.8 Å². The van der Waals surface area contributed by atoms with Gasteiger partial charge in [0.05, 0.1) is 24.3 Å². The average molecular weight is 544 g/mol. The molecule has 0 saturated carbocycles. The summed E-state index contributed by atoms with van der Waals surface area (Å²) >= 11 is 0. The maximum atomic E-state index is 14.3. The van der Waals surface area contributed by atoms with Crippen molar-refractivity contribution in [3.63, 3.8) is 0 Å². The minimum Gasteiger partial charge on any atom is -0.447 e. The fourth-order valence-corrected chi connectivity index (χ4v) is 4.86. The van der Waals surface area contributed by atoms with Crippen LogP contribution in [0.25, 0.3) is 11.5 Å². The molecule has 3 aromatic rings. The topological polar surface area (TPSA) is 133 Å². The molecular weight excluding hydrogens is 512 g/mol. The lowest BCUT2D eigenvalue weighted by Crippen LogP contribution is -2.32. The lowest BCUT2D eigenvalue weighted by molar-refractivity contribution is -0.00405. The molecule has 0 aliphatic carbocycles. The van der Waals surface area contributed by atoms with E-state index in [1.807, 2.05) is 25.7 Å². The van der Waals surface area contributed by atoms with E-state index >= 15 is 0 Å². The molecule has 1 unspecified atom stereocenters. The number of ether oxygens (including phenoxy) is 2. The van der Waals surface area contributed by atoms with Crippen molar-refractivity contribution in [2.24, 2.45) is 5.73 Å². The third kappa shape index (κ3) is 5.98. The molecule has 2 N–H and O–H groups in total. The first-order chi connectivity index (χ1) is 18.7. The van der Waals surface area contributed by atoms with E-state index in [2.05, 4.69) is 20.1 Å². The summed E-state index contributed by atoms with van der Waals surface area (Å²) in [5.41, 5.74) is 7.02. The summed E-state index contributed by atoms with van der Waals surface area (Å²) in [6.45, 7) is 7.18. The van der Waals surface area contributed by atoms with Crippen molar-refractivity contribution < 1.29 is 27.6 Å². The van der Waals surface area contributed by atoms with E-state index in [4.69, 9.17) is 19.7 Å². The van der Waals surface area contributed by atoms with E-state index in [1.54, 1.807) is 17.3 Å². The van der Waals surface area contributed by atoms with Gasteiger partial charge in [0.1, 0.15) is 17.7 Å². The van der Waals surface area contributed by atoms with Crippen LogP contribution in [0.1, 0.15) is 50.6 Å². The van der Waals surface area contributed by atoms with Crippen LogP contribution in [-0.2, 0) is 9.47 Å². The fraction of sp³-hybridized carbons (Fsp3) is 0.500. The number of aromatic nitrogens is 4. The molecule has 5 rings (SSSR count). The van der Waals surface area contributed by atoms with Crippen molar-refractivity contribution >= 4 is 12.0 Å². The lowest BCUT2D eigenvalue weighted by Gasteiger charge is -2.19. The number of hydrogen-bond donors (Lipinski definition) is 1. The molecule has 2 aliphatic heterocycles. The predicted molar refractivity (Wildman–Crippen MR) is 136 cm³/mol. The molecule has 0 spiro atoms. The van der Waals surface area contributed by atoms with Gasteiger partial charge < -0.3 is 29.5 Å². The van der Waals surface area contributed by atoms with Gasteiger partial charge in [-0.2, -0.15) is 4.98 Å². The highest BCUT2D eigenvalue weighted by molar-refractivity contribution is 5.68. The number of hydrogen-bond acceptors (Lipinski definition) is 10. The molecule has 4 heterocycles. The summed E-state index contributed by atoms with van der Waals surface area (Å²) in [5.74, 6) is -0.378. The van der Waals surface area contributed by atoms with E-state index in [9.17, 15) is 13.6 Å². The standard InChI is InChI=1S/C26H31F2N7O4/c1-14(2)37-26(36)34-7-6-18(11-34)38-15(3)23-32-24(39-33-23)16-9-30-25(31-10-16)35-12-20(22(29)13-35)19-8-17(27)4-5-21(19)28/h4-5,8-10,14-15,18,20,22H,6-7,11-13,29H2,1-3H3/t15-,18?,20-,22+/m1/s1. The zero-order valence-electron chi connectivity index (χ0n) is 22.0. The monoisotopic (exact) mass is 543 g/mol. The number of nitrogens with two attached hydrogens (primary N) is 1. The molecule has 2 aliphatic rings. The zero-order valence-corrected chi connectivity index (χ0v) is 22.0. The van der Waals surface area contributed by atoms with Crippen LogP contribution in [0, 0.1) is 11.6 Å². The first kappa shape index (κ1) is 26.9. The van der Waals surface area contributed by atoms with E-state index < -0.39 is 29.7 Å². The molecule has 2 aromatic heterocycles. The highest BCUT2D eigenvalue weighted by Crippen LogP contribution is 2.31. The van der Waals surface area contributed by atoms with Gasteiger partial charge in [0.2, 0.25) is 11.8 Å². The molecule has 0 bridgehead atoms. The Labute approximate surface area is 224 Å². The van der Waals surface area contributed by atoms with Crippen LogP contribution in [0.15, 0.2) is 35.1 Å². The highest BCUT2D eigenvalue weighted by atomic mass is 19.1. The number of benzene rings is 1. The minimum atomic E-state index is -0.507. The summed E-state index contributed by atoms with van der Waals surface area (Å²) < 4.78 is 44.7. The van der Waals surface area contributed by atoms with Crippen LogP contribution in [-0.4, -0.2) is 75.5 Å². The second kappa shape index (κ2) is 11.2. The highest BCUT2D eigenvalue weighted by Gasteiger charge is 2.35. The Kier molecular flexibility index (Phi) is 7.71. The average Bonchev–Trinajstić information content (AvgIpc) is 3.65. The lowest BCUT2D eigenvalue weighted by atomic mass is 9.94. The SMILES string of the molecule is CC(C)OC(=O)N1CCC(O[C@H](C)c2noc(-c3cnc(N4C[C@H](c5cc(F)ccc5F)[C@@H](N)C4)nc3)n2)C1. The molecule has 0 radical (unpaired) electrons. The van der Waals surface area contributed by atoms with Crippen LogP contribution < -0.4 is 10.6 Å². The molecule has 2 saturated heterocycles. The summed E-state index contributed by atoms with van der Waals surface area (Å²) in [5, 5.41) is 4.03. The fourth-order valence-electron chi connectivity index (χ4n) is 4.86. The molecule has 208 valence electrons. The normalized spacial score (nSPS) is 22.1. The Hall–Kier alpha value is -3.71. The van der Waals surface area contributed by atoms with E-state index in [0.717, 1.165) is 12.1 Å². The summed E-state index contributed by atoms with van der Waals surface area (Å²) in [6.07, 6.45) is 2.65. The van der Waals surface area contributed by atoms with Gasteiger partial charge in [-0.15, -0.1) is 0 Å². The smallest absolute Gasteiger partial charge is 0.410 e. The molecular formula is C26H31F2N7O4. The molecule has 2 fully saturated rings. The van der Waals surface area contributed by atoms with Crippen molar-refractivity contribution in [1.82, 2.24) is 25.0 Å². The summed E-state index contributed by atoms with van der Waals surface area (Å²) in [4.78, 5) is 28.8. The Morgan fingerprint density at radius 1 is 1.15 bits per heavy atom. The van der Waals surface area contributed by atoms with Crippen LogP contribution in [0.3, 0.4) is 0 Å². The van der Waals surface area contributed by atoms with E-state index in [1.165, 1.54) is 6.07 Å². The quantitative estimate of drug-likeness (QED) is 0.473. The Bertz CT molecular complexity index is 1310. The third-order valence-corrected chi connectivity index (χ3v) is 6.83. The number of rotatable bonds is 7. The molecule has 39 heavy (non-hydrogen) atoms. The number of likely N-dealkylation sites (tertiary alicyclic amines) is 1. The van der Waals surface area contributed by atoms with Crippen LogP contribution in [0.5, 0.6) is 0 Å². The molecule has 1 aromatic carbocycles. The van der Waals surface area contributed by atoms with Crippen LogP contribution in [0.2, 0.25) is 0 Å². The predicted octanol–water partition coefficient (Wildman–Crippen LogP) is 3.43. The molecule has 1 amide bonds. The third-order valence-electron chi connectivity index (χ3n) is 6.83. The van der Waals surface area contributed by atoms with Crippen molar-refractivity contribution in [2.75, 3.05) is 31.1 Å². The number of carbonyl (C=O) groups excluding carboxylic acids is 1. The summed E-state index contributed by atoms with van der Waals surface area (Å²) in [7, 11) is 0. The number of halogens is 2. The van der Waals surface area contributed by atoms with Gasteiger partial charge in [-0.25, -0.2) is 23.5 Å². The van der Waals surface area contributed by atoms with Crippen molar-refractivity contribution in [3.8, 4) is 11.5 Å². The van der Waals surface area contributed by atoms with Crippen molar-refractivity contribution in [2.45, 2.75) is 57.5 Å². The molecule has 13 heteroatoms. The van der Waals surface area contributed by atoms with Gasteiger partial charge in [-0.3, -0.25) is 0 Å². The first-order valence-electron chi connectivity index (χ1n) is 12.9. The second-order valence-corrected chi connectivity index (χ2v) is 10.1. The Morgan fingerprint density at radius 2 is 1.92 bits per heavy atom. The molecule has 4 atom stereocenters.